The Kier molecular flexibility index (Phi) is 6.17. The number of ether oxygens (including phenoxy) is 1. The maximum atomic E-state index is 13.0. The molecule has 4 aromatic rings. The van der Waals surface area contributed by atoms with Gasteiger partial charge in [0, 0.05) is 31.7 Å². The zero-order chi connectivity index (χ0) is 23.5. The van der Waals surface area contributed by atoms with Gasteiger partial charge < -0.3 is 9.64 Å². The average molecular weight is 475 g/mol. The van der Waals surface area contributed by atoms with Crippen LogP contribution in [0.3, 0.4) is 0 Å². The molecule has 0 unspecified atom stereocenters. The lowest BCUT2D eigenvalue weighted by Crippen LogP contribution is -2.48. The molecule has 7 nitrogen and oxygen atoms in total. The Morgan fingerprint density at radius 2 is 1.56 bits per heavy atom. The Hall–Kier alpha value is -3.49. The van der Waals surface area contributed by atoms with Crippen LogP contribution in [-0.4, -0.2) is 55.7 Å². The van der Waals surface area contributed by atoms with Crippen molar-refractivity contribution >= 4 is 26.6 Å². The maximum absolute atomic E-state index is 13.0. The number of hydrogen-bond donors (Lipinski definition) is 0. The Labute approximate surface area is 199 Å². The molecule has 1 aliphatic heterocycles. The molecule has 174 valence electrons. The highest BCUT2D eigenvalue weighted by Crippen LogP contribution is 2.28. The zero-order valence-electron chi connectivity index (χ0n) is 19.0. The smallest absolute Gasteiger partial charge is 0.243 e. The minimum atomic E-state index is -3.55. The first-order valence-electron chi connectivity index (χ1n) is 11.4. The van der Waals surface area contributed by atoms with Crippen molar-refractivity contribution in [2.75, 3.05) is 37.7 Å². The van der Waals surface area contributed by atoms with E-state index in [9.17, 15) is 8.42 Å². The van der Waals surface area contributed by atoms with Gasteiger partial charge in [0.05, 0.1) is 17.2 Å². The highest BCUT2D eigenvalue weighted by Gasteiger charge is 2.29. The van der Waals surface area contributed by atoms with Crippen LogP contribution in [0.15, 0.2) is 83.8 Å². The molecular weight excluding hydrogens is 448 g/mol. The van der Waals surface area contributed by atoms with Crippen LogP contribution in [0.4, 0.5) is 5.82 Å². The fourth-order valence-corrected chi connectivity index (χ4v) is 5.69. The van der Waals surface area contributed by atoms with E-state index in [0.717, 1.165) is 27.8 Å². The Morgan fingerprint density at radius 3 is 2.26 bits per heavy atom. The number of sulfonamides is 1. The number of aromatic nitrogens is 2. The number of fused-ring (bicyclic) bond motifs is 1. The number of hydrogen-bond acceptors (Lipinski definition) is 6. The molecule has 0 amide bonds. The van der Waals surface area contributed by atoms with E-state index in [4.69, 9.17) is 4.74 Å². The molecule has 1 fully saturated rings. The first-order valence-corrected chi connectivity index (χ1v) is 12.8. The topological polar surface area (TPSA) is 75.6 Å². The summed E-state index contributed by atoms with van der Waals surface area (Å²) < 4.78 is 33.0. The van der Waals surface area contributed by atoms with Crippen LogP contribution in [-0.2, 0) is 10.0 Å². The second-order valence-electron chi connectivity index (χ2n) is 8.10. The van der Waals surface area contributed by atoms with Crippen molar-refractivity contribution < 1.29 is 13.2 Å². The standard InChI is InChI=1S/C26H26N4O3S/c1-2-33-21-10-12-22(13-11-21)34(31,32)30-18-16-29(17-19-30)26-15-14-25(27-28-26)24-9-5-7-20-6-3-4-8-23(20)24/h3-15H,2,16-19H2,1H3. The molecule has 3 aromatic carbocycles. The number of rotatable bonds is 6. The van der Waals surface area contributed by atoms with Crippen molar-refractivity contribution in [3.63, 3.8) is 0 Å². The van der Waals surface area contributed by atoms with E-state index in [0.29, 0.717) is 38.5 Å². The molecule has 0 N–H and O–H groups in total. The van der Waals surface area contributed by atoms with Gasteiger partial charge in [-0.05, 0) is 54.1 Å². The summed E-state index contributed by atoms with van der Waals surface area (Å²) in [5, 5.41) is 11.2. The summed E-state index contributed by atoms with van der Waals surface area (Å²) in [4.78, 5) is 2.35. The van der Waals surface area contributed by atoms with E-state index >= 15 is 0 Å². The van der Waals surface area contributed by atoms with Gasteiger partial charge in [-0.1, -0.05) is 42.5 Å². The predicted octanol–water partition coefficient (Wildman–Crippen LogP) is 4.21. The van der Waals surface area contributed by atoms with Gasteiger partial charge in [-0.25, -0.2) is 8.42 Å². The van der Waals surface area contributed by atoms with Crippen molar-refractivity contribution in [2.24, 2.45) is 0 Å². The predicted molar refractivity (Wildman–Crippen MR) is 134 cm³/mol. The lowest BCUT2D eigenvalue weighted by atomic mass is 10.0. The summed E-state index contributed by atoms with van der Waals surface area (Å²) in [6, 6.07) is 24.9. The third kappa shape index (κ3) is 4.34. The number of benzene rings is 3. The lowest BCUT2D eigenvalue weighted by Gasteiger charge is -2.34. The van der Waals surface area contributed by atoms with Crippen LogP contribution < -0.4 is 9.64 Å². The van der Waals surface area contributed by atoms with Crippen LogP contribution in [0.1, 0.15) is 6.92 Å². The largest absolute Gasteiger partial charge is 0.494 e. The molecule has 0 radical (unpaired) electrons. The first kappa shape index (κ1) is 22.3. The molecule has 2 heterocycles. The normalized spacial score (nSPS) is 14.9. The van der Waals surface area contributed by atoms with Gasteiger partial charge in [0.25, 0.3) is 0 Å². The minimum Gasteiger partial charge on any atom is -0.494 e. The van der Waals surface area contributed by atoms with Crippen molar-refractivity contribution in [1.29, 1.82) is 0 Å². The Balaban J connectivity index is 1.27. The molecular formula is C26H26N4O3S. The lowest BCUT2D eigenvalue weighted by molar-refractivity contribution is 0.340. The molecule has 0 bridgehead atoms. The minimum absolute atomic E-state index is 0.281. The fraction of sp³-hybridized carbons (Fsp3) is 0.231. The quantitative estimate of drug-likeness (QED) is 0.417. The van der Waals surface area contributed by atoms with Crippen LogP contribution in [0, 0.1) is 0 Å². The van der Waals surface area contributed by atoms with Crippen LogP contribution in [0.2, 0.25) is 0 Å². The van der Waals surface area contributed by atoms with Gasteiger partial charge in [-0.2, -0.15) is 4.31 Å². The molecule has 0 spiro atoms. The summed E-state index contributed by atoms with van der Waals surface area (Å²) in [6.07, 6.45) is 0. The third-order valence-electron chi connectivity index (χ3n) is 6.05. The molecule has 1 aromatic heterocycles. The number of anilines is 1. The Morgan fingerprint density at radius 1 is 0.824 bits per heavy atom. The van der Waals surface area contributed by atoms with Crippen LogP contribution in [0.25, 0.3) is 22.0 Å². The number of nitrogens with zero attached hydrogens (tertiary/aromatic N) is 4. The Bertz CT molecular complexity index is 1380. The monoisotopic (exact) mass is 474 g/mol. The van der Waals surface area contributed by atoms with Gasteiger partial charge in [0.1, 0.15) is 5.75 Å². The van der Waals surface area contributed by atoms with Crippen molar-refractivity contribution in [2.45, 2.75) is 11.8 Å². The second-order valence-corrected chi connectivity index (χ2v) is 10.0. The highest BCUT2D eigenvalue weighted by atomic mass is 32.2. The van der Waals surface area contributed by atoms with Gasteiger partial charge in [0.15, 0.2) is 5.82 Å². The summed E-state index contributed by atoms with van der Waals surface area (Å²) in [5.41, 5.74) is 1.86. The van der Waals surface area contributed by atoms with Crippen molar-refractivity contribution in [3.05, 3.63) is 78.9 Å². The molecule has 1 saturated heterocycles. The molecule has 0 atom stereocenters. The van der Waals surface area contributed by atoms with Gasteiger partial charge in [-0.3, -0.25) is 0 Å². The third-order valence-corrected chi connectivity index (χ3v) is 7.96. The van der Waals surface area contributed by atoms with Crippen molar-refractivity contribution in [3.8, 4) is 17.0 Å². The summed E-state index contributed by atoms with van der Waals surface area (Å²) >= 11 is 0. The van der Waals surface area contributed by atoms with E-state index in [-0.39, 0.29) is 4.90 Å². The van der Waals surface area contributed by atoms with Crippen molar-refractivity contribution in [1.82, 2.24) is 14.5 Å². The maximum Gasteiger partial charge on any atom is 0.243 e. The van der Waals surface area contributed by atoms with E-state index in [1.807, 2.05) is 37.3 Å². The number of piperazine rings is 1. The van der Waals surface area contributed by atoms with Gasteiger partial charge in [-0.15, -0.1) is 10.2 Å². The summed E-state index contributed by atoms with van der Waals surface area (Å²) in [6.45, 7) is 4.33. The summed E-state index contributed by atoms with van der Waals surface area (Å²) in [5.74, 6) is 1.42. The summed E-state index contributed by atoms with van der Waals surface area (Å²) in [7, 11) is -3.55. The molecule has 34 heavy (non-hydrogen) atoms. The average Bonchev–Trinajstić information content (AvgIpc) is 2.89. The van der Waals surface area contributed by atoms with E-state index in [1.54, 1.807) is 24.3 Å². The SMILES string of the molecule is CCOc1ccc(S(=O)(=O)N2CCN(c3ccc(-c4cccc5ccccc45)nn3)CC2)cc1. The molecule has 1 aliphatic rings. The molecule has 0 saturated carbocycles. The second kappa shape index (κ2) is 9.40. The zero-order valence-corrected chi connectivity index (χ0v) is 19.8. The van der Waals surface area contributed by atoms with E-state index in [1.165, 1.54) is 4.31 Å². The first-order chi connectivity index (χ1) is 16.6. The van der Waals surface area contributed by atoms with Gasteiger partial charge >= 0.3 is 0 Å². The van der Waals surface area contributed by atoms with Crippen LogP contribution in [0.5, 0.6) is 5.75 Å². The highest BCUT2D eigenvalue weighted by molar-refractivity contribution is 7.89. The van der Waals surface area contributed by atoms with E-state index < -0.39 is 10.0 Å². The van der Waals surface area contributed by atoms with Gasteiger partial charge in [0.2, 0.25) is 10.0 Å². The molecule has 0 aliphatic carbocycles. The fourth-order valence-electron chi connectivity index (χ4n) is 4.27. The molecule has 5 rings (SSSR count). The molecule has 8 heteroatoms. The van der Waals surface area contributed by atoms with Crippen LogP contribution >= 0.6 is 0 Å². The van der Waals surface area contributed by atoms with E-state index in [2.05, 4.69) is 39.4 Å².